The number of aromatic nitrogens is 3. The molecule has 0 aliphatic carbocycles. The van der Waals surface area contributed by atoms with Crippen molar-refractivity contribution in [3.05, 3.63) is 71.0 Å². The van der Waals surface area contributed by atoms with E-state index in [1.807, 2.05) is 6.07 Å². The molecule has 4 aromatic rings. The number of anilines is 1. The van der Waals surface area contributed by atoms with Gasteiger partial charge < -0.3 is 15.1 Å². The second-order valence-electron chi connectivity index (χ2n) is 5.85. The SMILES string of the molecule is O=C(CNC(=O)c1cc(-c2ccco2)n(-c2cccc(Cl)c2)n1)Nc1nccs1. The first-order chi connectivity index (χ1) is 14.1. The summed E-state index contributed by atoms with van der Waals surface area (Å²) < 4.78 is 7.03. The van der Waals surface area contributed by atoms with Crippen molar-refractivity contribution < 1.29 is 14.0 Å². The van der Waals surface area contributed by atoms with Gasteiger partial charge in [0.15, 0.2) is 16.6 Å². The highest BCUT2D eigenvalue weighted by atomic mass is 35.5. The van der Waals surface area contributed by atoms with Crippen LogP contribution in [0.5, 0.6) is 0 Å². The monoisotopic (exact) mass is 427 g/mol. The lowest BCUT2D eigenvalue weighted by Gasteiger charge is -2.06. The number of nitrogens with zero attached hydrogens (tertiary/aromatic N) is 3. The zero-order chi connectivity index (χ0) is 20.2. The molecule has 2 amide bonds. The summed E-state index contributed by atoms with van der Waals surface area (Å²) in [5.74, 6) is -0.334. The van der Waals surface area contributed by atoms with E-state index in [-0.39, 0.29) is 18.1 Å². The molecule has 0 saturated carbocycles. The molecule has 2 N–H and O–H groups in total. The van der Waals surface area contributed by atoms with Crippen LogP contribution in [0.15, 0.2) is 64.7 Å². The van der Waals surface area contributed by atoms with Crippen molar-refractivity contribution in [3.63, 3.8) is 0 Å². The van der Waals surface area contributed by atoms with E-state index in [1.54, 1.807) is 52.7 Å². The molecule has 10 heteroatoms. The number of hydrogen-bond donors (Lipinski definition) is 2. The maximum absolute atomic E-state index is 12.5. The molecule has 4 rings (SSSR count). The summed E-state index contributed by atoms with van der Waals surface area (Å²) in [5, 5.41) is 12.3. The van der Waals surface area contributed by atoms with Crippen LogP contribution < -0.4 is 10.6 Å². The van der Waals surface area contributed by atoms with Crippen LogP contribution in [0.1, 0.15) is 10.5 Å². The molecule has 3 heterocycles. The van der Waals surface area contributed by atoms with Gasteiger partial charge in [-0.15, -0.1) is 11.3 Å². The Morgan fingerprint density at radius 3 is 2.83 bits per heavy atom. The standard InChI is InChI=1S/C19H14ClN5O3S/c20-12-3-1-4-13(9-12)25-15(16-5-2-7-28-16)10-14(24-25)18(27)22-11-17(26)23-19-21-6-8-29-19/h1-10H,11H2,(H,22,27)(H,21,23,26). The number of thiazole rings is 1. The topological polar surface area (TPSA) is 102 Å². The van der Waals surface area contributed by atoms with Gasteiger partial charge in [-0.1, -0.05) is 17.7 Å². The molecule has 8 nitrogen and oxygen atoms in total. The van der Waals surface area contributed by atoms with Crippen LogP contribution in [0.2, 0.25) is 5.02 Å². The fourth-order valence-corrected chi connectivity index (χ4v) is 3.33. The van der Waals surface area contributed by atoms with E-state index in [2.05, 4.69) is 20.7 Å². The number of amides is 2. The zero-order valence-corrected chi connectivity index (χ0v) is 16.4. The highest BCUT2D eigenvalue weighted by Crippen LogP contribution is 2.25. The number of halogens is 1. The Morgan fingerprint density at radius 1 is 1.21 bits per heavy atom. The molecule has 146 valence electrons. The molecule has 0 aliphatic rings. The van der Waals surface area contributed by atoms with E-state index in [1.165, 1.54) is 17.6 Å². The molecular weight excluding hydrogens is 414 g/mol. The summed E-state index contributed by atoms with van der Waals surface area (Å²) in [7, 11) is 0. The number of nitrogens with one attached hydrogen (secondary N) is 2. The van der Waals surface area contributed by atoms with Crippen LogP contribution >= 0.6 is 22.9 Å². The van der Waals surface area contributed by atoms with Gasteiger partial charge >= 0.3 is 0 Å². The molecular formula is C19H14ClN5O3S. The van der Waals surface area contributed by atoms with Crippen LogP contribution in [0, 0.1) is 0 Å². The predicted molar refractivity (Wildman–Crippen MR) is 109 cm³/mol. The molecule has 0 saturated heterocycles. The minimum atomic E-state index is -0.493. The Hall–Kier alpha value is -3.43. The molecule has 0 unspecified atom stereocenters. The first-order valence-electron chi connectivity index (χ1n) is 8.47. The normalized spacial score (nSPS) is 10.7. The molecule has 3 aromatic heterocycles. The Bertz CT molecular complexity index is 1140. The van der Waals surface area contributed by atoms with E-state index in [4.69, 9.17) is 16.0 Å². The number of furan rings is 1. The van der Waals surface area contributed by atoms with Gasteiger partial charge in [-0.2, -0.15) is 5.10 Å². The van der Waals surface area contributed by atoms with Crippen molar-refractivity contribution in [1.29, 1.82) is 0 Å². The van der Waals surface area contributed by atoms with Crippen molar-refractivity contribution in [2.24, 2.45) is 0 Å². The van der Waals surface area contributed by atoms with E-state index < -0.39 is 5.91 Å². The number of hydrogen-bond acceptors (Lipinski definition) is 6. The Balaban J connectivity index is 1.55. The molecule has 0 radical (unpaired) electrons. The minimum absolute atomic E-state index is 0.137. The predicted octanol–water partition coefficient (Wildman–Crippen LogP) is 3.61. The van der Waals surface area contributed by atoms with Crippen molar-refractivity contribution in [2.75, 3.05) is 11.9 Å². The van der Waals surface area contributed by atoms with Crippen LogP contribution in [-0.2, 0) is 4.79 Å². The van der Waals surface area contributed by atoms with Crippen LogP contribution in [0.3, 0.4) is 0 Å². The van der Waals surface area contributed by atoms with Gasteiger partial charge in [-0.3, -0.25) is 9.59 Å². The quantitative estimate of drug-likeness (QED) is 0.489. The van der Waals surface area contributed by atoms with Gasteiger partial charge in [0.05, 0.1) is 18.5 Å². The van der Waals surface area contributed by atoms with E-state index in [0.29, 0.717) is 27.3 Å². The van der Waals surface area contributed by atoms with Crippen molar-refractivity contribution in [2.45, 2.75) is 0 Å². The molecule has 0 aliphatic heterocycles. The third kappa shape index (κ3) is 4.36. The summed E-state index contributed by atoms with van der Waals surface area (Å²) in [6.45, 7) is -0.210. The molecule has 0 fully saturated rings. The van der Waals surface area contributed by atoms with Crippen LogP contribution in [0.25, 0.3) is 17.1 Å². The minimum Gasteiger partial charge on any atom is -0.463 e. The highest BCUT2D eigenvalue weighted by Gasteiger charge is 2.19. The van der Waals surface area contributed by atoms with Gasteiger partial charge in [-0.25, -0.2) is 9.67 Å². The summed E-state index contributed by atoms with van der Waals surface area (Å²) >= 11 is 7.38. The van der Waals surface area contributed by atoms with Crippen LogP contribution in [-0.4, -0.2) is 33.1 Å². The van der Waals surface area contributed by atoms with Crippen molar-refractivity contribution in [1.82, 2.24) is 20.1 Å². The average Bonchev–Trinajstić information content (AvgIpc) is 3.46. The van der Waals surface area contributed by atoms with Gasteiger partial charge in [0.2, 0.25) is 5.91 Å². The number of benzene rings is 1. The first kappa shape index (κ1) is 18.9. The maximum atomic E-state index is 12.5. The van der Waals surface area contributed by atoms with E-state index in [9.17, 15) is 9.59 Å². The summed E-state index contributed by atoms with van der Waals surface area (Å²) in [6, 6.07) is 12.2. The first-order valence-corrected chi connectivity index (χ1v) is 9.73. The number of carbonyl (C=O) groups excluding carboxylic acids is 2. The smallest absolute Gasteiger partial charge is 0.272 e. The third-order valence-corrected chi connectivity index (χ3v) is 4.78. The summed E-state index contributed by atoms with van der Waals surface area (Å²) in [5.41, 5.74) is 1.39. The zero-order valence-electron chi connectivity index (χ0n) is 14.8. The molecule has 0 atom stereocenters. The van der Waals surface area contributed by atoms with E-state index in [0.717, 1.165) is 0 Å². The lowest BCUT2D eigenvalue weighted by atomic mass is 10.2. The Kier molecular flexibility index (Phi) is 5.41. The average molecular weight is 428 g/mol. The number of rotatable bonds is 6. The second kappa shape index (κ2) is 8.29. The molecule has 0 bridgehead atoms. The van der Waals surface area contributed by atoms with Crippen molar-refractivity contribution in [3.8, 4) is 17.1 Å². The number of carbonyl (C=O) groups is 2. The Labute approximate surface area is 174 Å². The van der Waals surface area contributed by atoms with Gasteiger partial charge in [0, 0.05) is 22.7 Å². The summed E-state index contributed by atoms with van der Waals surface area (Å²) in [6.07, 6.45) is 3.12. The van der Waals surface area contributed by atoms with Crippen molar-refractivity contribution >= 4 is 39.9 Å². The lowest BCUT2D eigenvalue weighted by Crippen LogP contribution is -2.33. The Morgan fingerprint density at radius 2 is 2.10 bits per heavy atom. The lowest BCUT2D eigenvalue weighted by molar-refractivity contribution is -0.115. The third-order valence-electron chi connectivity index (χ3n) is 3.86. The fraction of sp³-hybridized carbons (Fsp3) is 0.0526. The largest absolute Gasteiger partial charge is 0.463 e. The van der Waals surface area contributed by atoms with Gasteiger partial charge in [0.25, 0.3) is 5.91 Å². The highest BCUT2D eigenvalue weighted by molar-refractivity contribution is 7.13. The van der Waals surface area contributed by atoms with E-state index >= 15 is 0 Å². The van der Waals surface area contributed by atoms with Gasteiger partial charge in [-0.05, 0) is 30.3 Å². The summed E-state index contributed by atoms with van der Waals surface area (Å²) in [4.78, 5) is 28.5. The fourth-order valence-electron chi connectivity index (χ4n) is 2.60. The molecule has 29 heavy (non-hydrogen) atoms. The molecule has 1 aromatic carbocycles. The molecule has 0 spiro atoms. The maximum Gasteiger partial charge on any atom is 0.272 e. The van der Waals surface area contributed by atoms with Gasteiger partial charge in [0.1, 0.15) is 5.69 Å². The second-order valence-corrected chi connectivity index (χ2v) is 7.18. The van der Waals surface area contributed by atoms with Crippen LogP contribution in [0.4, 0.5) is 5.13 Å².